The van der Waals surface area contributed by atoms with Gasteiger partial charge in [-0.1, -0.05) is 57.2 Å². The first-order valence-corrected chi connectivity index (χ1v) is 7.72. The van der Waals surface area contributed by atoms with E-state index in [0.29, 0.717) is 11.8 Å². The molecule has 2 aromatic rings. The summed E-state index contributed by atoms with van der Waals surface area (Å²) >= 11 is 0. The highest BCUT2D eigenvalue weighted by atomic mass is 16.5. The maximum atomic E-state index is 5.88. The van der Waals surface area contributed by atoms with Gasteiger partial charge in [0.2, 0.25) is 11.8 Å². The van der Waals surface area contributed by atoms with Gasteiger partial charge in [-0.3, -0.25) is 0 Å². The van der Waals surface area contributed by atoms with Crippen LogP contribution in [0.25, 0.3) is 6.08 Å². The average Bonchev–Trinajstić information content (AvgIpc) is 3.14. The van der Waals surface area contributed by atoms with E-state index in [9.17, 15) is 0 Å². The zero-order valence-corrected chi connectivity index (χ0v) is 13.3. The monoisotopic (exact) mass is 298 g/mol. The molecular weight excluding hydrogens is 276 g/mol. The lowest BCUT2D eigenvalue weighted by Crippen LogP contribution is -2.06. The van der Waals surface area contributed by atoms with Crippen LogP contribution in [-0.4, -0.2) is 16.8 Å². The molecule has 0 spiro atoms. The third-order valence-electron chi connectivity index (χ3n) is 3.72. The maximum absolute atomic E-state index is 5.88. The number of nitrogens with zero attached hydrogens (tertiary/aromatic N) is 2. The zero-order chi connectivity index (χ0) is 15.6. The van der Waals surface area contributed by atoms with Gasteiger partial charge in [-0.2, -0.15) is 0 Å². The van der Waals surface area contributed by atoms with E-state index in [1.807, 2.05) is 24.3 Å². The smallest absolute Gasteiger partial charge is 0.240 e. The van der Waals surface area contributed by atoms with Crippen molar-refractivity contribution in [2.45, 2.75) is 39.2 Å². The Labute approximate surface area is 131 Å². The van der Waals surface area contributed by atoms with Gasteiger partial charge >= 0.3 is 0 Å². The Bertz CT molecular complexity index is 641. The fraction of sp³-hybridized carbons (Fsp3) is 0.444. The van der Waals surface area contributed by atoms with E-state index in [1.54, 1.807) is 0 Å². The fourth-order valence-electron chi connectivity index (χ4n) is 2.60. The summed E-state index contributed by atoms with van der Waals surface area (Å²) in [4.78, 5) is 0. The van der Waals surface area contributed by atoms with Gasteiger partial charge < -0.3 is 9.15 Å². The van der Waals surface area contributed by atoms with Crippen LogP contribution in [0.4, 0.5) is 0 Å². The van der Waals surface area contributed by atoms with Gasteiger partial charge in [0.1, 0.15) is 0 Å². The summed E-state index contributed by atoms with van der Waals surface area (Å²) in [5.41, 5.74) is 1.26. The zero-order valence-electron chi connectivity index (χ0n) is 13.3. The van der Waals surface area contributed by atoms with Gasteiger partial charge in [0, 0.05) is 6.61 Å². The van der Waals surface area contributed by atoms with Crippen molar-refractivity contribution in [3.05, 3.63) is 53.8 Å². The third kappa shape index (κ3) is 3.45. The molecule has 1 saturated heterocycles. The van der Waals surface area contributed by atoms with Crippen LogP contribution in [0, 0.1) is 5.41 Å². The minimum atomic E-state index is 0.00101. The Morgan fingerprint density at radius 1 is 1.14 bits per heavy atom. The molecule has 2 heterocycles. The maximum Gasteiger partial charge on any atom is 0.240 e. The van der Waals surface area contributed by atoms with Gasteiger partial charge in [0.25, 0.3) is 0 Å². The van der Waals surface area contributed by atoms with Crippen molar-refractivity contribution >= 4 is 6.08 Å². The third-order valence-corrected chi connectivity index (χ3v) is 3.72. The normalized spacial score (nSPS) is 22.5. The minimum Gasteiger partial charge on any atom is -0.421 e. The molecule has 2 atom stereocenters. The molecule has 1 aromatic heterocycles. The molecule has 22 heavy (non-hydrogen) atoms. The van der Waals surface area contributed by atoms with Gasteiger partial charge in [-0.15, -0.1) is 10.2 Å². The Kier molecular flexibility index (Phi) is 4.12. The number of rotatable bonds is 3. The highest BCUT2D eigenvalue weighted by molar-refractivity contribution is 5.38. The van der Waals surface area contributed by atoms with Crippen molar-refractivity contribution < 1.29 is 9.15 Å². The molecule has 0 bridgehead atoms. The Balaban J connectivity index is 1.79. The number of allylic oxidation sites excluding steroid dienone is 1. The van der Waals surface area contributed by atoms with Gasteiger partial charge in [0.15, 0.2) is 0 Å². The molecular formula is C18H22N2O2. The second kappa shape index (κ2) is 6.05. The summed E-state index contributed by atoms with van der Waals surface area (Å²) in [5.74, 6) is 1.36. The summed E-state index contributed by atoms with van der Waals surface area (Å²) in [5, 5.41) is 8.36. The first kappa shape index (κ1) is 15.0. The van der Waals surface area contributed by atoms with Crippen LogP contribution in [-0.2, 0) is 4.74 Å². The van der Waals surface area contributed by atoms with E-state index in [-0.39, 0.29) is 17.4 Å². The topological polar surface area (TPSA) is 48.2 Å². The Morgan fingerprint density at radius 2 is 1.91 bits per heavy atom. The molecule has 1 fully saturated rings. The van der Waals surface area contributed by atoms with Crippen molar-refractivity contribution in [3.63, 3.8) is 0 Å². The molecule has 0 radical (unpaired) electrons. The molecule has 1 aliphatic heterocycles. The first-order chi connectivity index (χ1) is 10.5. The van der Waals surface area contributed by atoms with Crippen LogP contribution in [0.1, 0.15) is 56.6 Å². The highest BCUT2D eigenvalue weighted by Crippen LogP contribution is 2.41. The van der Waals surface area contributed by atoms with Crippen LogP contribution in [0.5, 0.6) is 0 Å². The van der Waals surface area contributed by atoms with Crippen LogP contribution >= 0.6 is 0 Å². The van der Waals surface area contributed by atoms with Gasteiger partial charge in [0.05, 0.1) is 12.0 Å². The predicted molar refractivity (Wildman–Crippen MR) is 85.3 cm³/mol. The molecule has 0 aliphatic carbocycles. The number of ether oxygens (including phenoxy) is 1. The van der Waals surface area contributed by atoms with E-state index in [2.05, 4.69) is 49.2 Å². The second-order valence-corrected chi connectivity index (χ2v) is 6.78. The lowest BCUT2D eigenvalue weighted by atomic mass is 9.95. The van der Waals surface area contributed by atoms with Gasteiger partial charge in [-0.05, 0) is 23.5 Å². The fourth-order valence-corrected chi connectivity index (χ4v) is 2.60. The van der Waals surface area contributed by atoms with Crippen LogP contribution in [0.15, 0.2) is 40.8 Å². The van der Waals surface area contributed by atoms with Crippen molar-refractivity contribution in [3.8, 4) is 0 Å². The SMILES string of the molecule is CC(C)(C)/C=C/c1nnc([C@H]2CCO[C@@H]2c2ccccc2)o1. The van der Waals surface area contributed by atoms with Crippen molar-refractivity contribution in [1.82, 2.24) is 10.2 Å². The molecule has 1 aliphatic rings. The van der Waals surface area contributed by atoms with E-state index in [4.69, 9.17) is 9.15 Å². The van der Waals surface area contributed by atoms with E-state index in [0.717, 1.165) is 18.6 Å². The summed E-state index contributed by atoms with van der Waals surface area (Å²) < 4.78 is 11.7. The molecule has 4 heteroatoms. The first-order valence-electron chi connectivity index (χ1n) is 7.72. The second-order valence-electron chi connectivity index (χ2n) is 6.78. The van der Waals surface area contributed by atoms with E-state index in [1.165, 1.54) is 0 Å². The largest absolute Gasteiger partial charge is 0.421 e. The standard InChI is InChI=1S/C18H22N2O2/c1-18(2,3)11-9-15-19-20-17(22-15)14-10-12-21-16(14)13-7-5-4-6-8-13/h4-9,11,14,16H,10,12H2,1-3H3/b11-9+/t14-,16+/m0/s1. The lowest BCUT2D eigenvalue weighted by Gasteiger charge is -2.15. The molecule has 0 amide bonds. The highest BCUT2D eigenvalue weighted by Gasteiger charge is 2.34. The molecule has 1 aromatic carbocycles. The molecule has 116 valence electrons. The summed E-state index contributed by atoms with van der Waals surface area (Å²) in [6, 6.07) is 10.2. The predicted octanol–water partition coefficient (Wildman–Crippen LogP) is 4.37. The van der Waals surface area contributed by atoms with Crippen molar-refractivity contribution in [2.24, 2.45) is 5.41 Å². The van der Waals surface area contributed by atoms with Crippen molar-refractivity contribution in [2.75, 3.05) is 6.61 Å². The number of aromatic nitrogens is 2. The number of benzene rings is 1. The average molecular weight is 298 g/mol. The molecule has 0 unspecified atom stereocenters. The Hall–Kier alpha value is -1.94. The molecule has 3 rings (SSSR count). The summed E-state index contributed by atoms with van der Waals surface area (Å²) in [6.45, 7) is 7.13. The molecule has 4 nitrogen and oxygen atoms in total. The van der Waals surface area contributed by atoms with Gasteiger partial charge in [-0.25, -0.2) is 0 Å². The summed E-state index contributed by atoms with van der Waals surface area (Å²) in [6.07, 6.45) is 4.87. The van der Waals surface area contributed by atoms with E-state index < -0.39 is 0 Å². The number of hydrogen-bond donors (Lipinski definition) is 0. The molecule has 0 saturated carbocycles. The quantitative estimate of drug-likeness (QED) is 0.844. The van der Waals surface area contributed by atoms with Crippen molar-refractivity contribution in [1.29, 1.82) is 0 Å². The van der Waals surface area contributed by atoms with Crippen LogP contribution in [0.2, 0.25) is 0 Å². The molecule has 0 N–H and O–H groups in total. The van der Waals surface area contributed by atoms with Crippen LogP contribution in [0.3, 0.4) is 0 Å². The lowest BCUT2D eigenvalue weighted by molar-refractivity contribution is 0.0998. The van der Waals surface area contributed by atoms with E-state index >= 15 is 0 Å². The number of hydrogen-bond acceptors (Lipinski definition) is 4. The summed E-state index contributed by atoms with van der Waals surface area (Å²) in [7, 11) is 0. The Morgan fingerprint density at radius 3 is 2.64 bits per heavy atom. The van der Waals surface area contributed by atoms with Crippen LogP contribution < -0.4 is 0 Å². The minimum absolute atomic E-state index is 0.00101.